The molecule has 1 atom stereocenters. The minimum atomic E-state index is -1.32. The summed E-state index contributed by atoms with van der Waals surface area (Å²) in [7, 11) is 5.95. The maximum Gasteiger partial charge on any atom is 0.254 e. The Morgan fingerprint density at radius 3 is 2.71 bits per heavy atom. The lowest BCUT2D eigenvalue weighted by Gasteiger charge is -2.26. The average Bonchev–Trinajstić information content (AvgIpc) is 3.20. The van der Waals surface area contributed by atoms with Crippen LogP contribution in [0.2, 0.25) is 0 Å². The van der Waals surface area contributed by atoms with Gasteiger partial charge in [0.25, 0.3) is 5.91 Å². The predicted octanol–water partition coefficient (Wildman–Crippen LogP) is 1.74. The quantitative estimate of drug-likeness (QED) is 0.581. The van der Waals surface area contributed by atoms with E-state index in [4.69, 9.17) is 17.3 Å². The Balaban J connectivity index is 1.41. The first kappa shape index (κ1) is 24.9. The molecule has 4 rings (SSSR count). The van der Waals surface area contributed by atoms with E-state index >= 15 is 0 Å². The second-order valence-corrected chi connectivity index (χ2v) is 8.53. The van der Waals surface area contributed by atoms with Gasteiger partial charge in [0.2, 0.25) is 11.8 Å². The summed E-state index contributed by atoms with van der Waals surface area (Å²) in [6.07, 6.45) is 0.120. The molecule has 2 aliphatic rings. The normalized spacial score (nSPS) is 16.6. The van der Waals surface area contributed by atoms with Crippen LogP contribution in [0, 0.1) is 5.82 Å². The second-order valence-electron chi connectivity index (χ2n) is 8.53. The van der Waals surface area contributed by atoms with Crippen molar-refractivity contribution in [2.45, 2.75) is 39.0 Å². The van der Waals surface area contributed by atoms with E-state index in [1.54, 1.807) is 31.2 Å². The van der Waals surface area contributed by atoms with Crippen molar-refractivity contribution < 1.29 is 28.2 Å². The molecule has 2 aromatic carbocycles. The van der Waals surface area contributed by atoms with Gasteiger partial charge in [-0.1, -0.05) is 25.1 Å². The molecule has 0 bridgehead atoms. The van der Waals surface area contributed by atoms with Gasteiger partial charge in [0.05, 0.1) is 25.7 Å². The molecule has 2 radical (unpaired) electrons. The van der Waals surface area contributed by atoms with E-state index in [0.29, 0.717) is 42.2 Å². The number of ether oxygens (including phenoxy) is 2. The number of hydrogen-bond acceptors (Lipinski definition) is 6. The van der Waals surface area contributed by atoms with Crippen LogP contribution >= 0.6 is 0 Å². The summed E-state index contributed by atoms with van der Waals surface area (Å²) in [6, 6.07) is 10.1. The van der Waals surface area contributed by atoms with Gasteiger partial charge in [-0.05, 0) is 23.8 Å². The number of carbonyl (C=O) groups excluding carboxylic acids is 3. The smallest absolute Gasteiger partial charge is 0.254 e. The molecule has 0 saturated carbocycles. The van der Waals surface area contributed by atoms with Gasteiger partial charge in [0.15, 0.2) is 0 Å². The molecule has 0 aliphatic carbocycles. The third kappa shape index (κ3) is 5.71. The topological polar surface area (TPSA) is 88.2 Å². The van der Waals surface area contributed by atoms with E-state index in [9.17, 15) is 18.8 Å². The number of benzene rings is 2. The van der Waals surface area contributed by atoms with Crippen LogP contribution in [0.15, 0.2) is 36.4 Å². The van der Waals surface area contributed by atoms with Gasteiger partial charge in [0.1, 0.15) is 26.0 Å². The fraction of sp³-hybridized carbons (Fsp3) is 0.400. The summed E-state index contributed by atoms with van der Waals surface area (Å²) in [5.74, 6) is -2.94. The summed E-state index contributed by atoms with van der Waals surface area (Å²) in [4.78, 5) is 40.0. The lowest BCUT2D eigenvalue weighted by molar-refractivity contribution is -0.131. The Bertz CT molecular complexity index is 1120. The van der Waals surface area contributed by atoms with Gasteiger partial charge in [-0.2, -0.15) is 0 Å². The summed E-state index contributed by atoms with van der Waals surface area (Å²) < 4.78 is 26.0. The van der Waals surface area contributed by atoms with Crippen LogP contribution in [-0.2, 0) is 34.0 Å². The number of rotatable bonds is 8. The molecule has 1 N–H and O–H groups in total. The summed E-state index contributed by atoms with van der Waals surface area (Å²) in [5.41, 5.74) is 2.19. The number of morpholine rings is 1. The molecule has 3 amide bonds. The molecule has 10 heteroatoms. The summed E-state index contributed by atoms with van der Waals surface area (Å²) in [6.45, 7) is 5.29. The Labute approximate surface area is 204 Å². The van der Waals surface area contributed by atoms with E-state index in [2.05, 4.69) is 10.2 Å². The van der Waals surface area contributed by atoms with Gasteiger partial charge in [-0.25, -0.2) is 4.39 Å². The molecule has 2 aromatic rings. The van der Waals surface area contributed by atoms with Gasteiger partial charge in [-0.3, -0.25) is 24.6 Å². The fourth-order valence-corrected chi connectivity index (χ4v) is 4.11. The van der Waals surface area contributed by atoms with Crippen LogP contribution in [-0.4, -0.2) is 67.6 Å². The third-order valence-electron chi connectivity index (χ3n) is 6.15. The van der Waals surface area contributed by atoms with Crippen LogP contribution in [0.4, 0.5) is 4.39 Å². The van der Waals surface area contributed by atoms with Crippen LogP contribution < -0.4 is 10.1 Å². The number of amides is 3. The molecular weight excluding hydrogens is 452 g/mol. The molecular formula is C25H27BFN3O5. The first-order valence-corrected chi connectivity index (χ1v) is 11.6. The van der Waals surface area contributed by atoms with Gasteiger partial charge in [0, 0.05) is 42.7 Å². The van der Waals surface area contributed by atoms with Crippen molar-refractivity contribution in [3.05, 3.63) is 64.5 Å². The molecule has 0 aromatic heterocycles. The zero-order chi connectivity index (χ0) is 24.9. The monoisotopic (exact) mass is 479 g/mol. The first-order chi connectivity index (χ1) is 16.9. The largest absolute Gasteiger partial charge is 0.488 e. The van der Waals surface area contributed by atoms with E-state index in [-0.39, 0.29) is 25.4 Å². The SMILES string of the molecule is [B]C(C(=O)NC(=O)CC)N1Cc2c(OCc3ccc(CN4CCOCC4)cc3F)cccc2C1=O. The van der Waals surface area contributed by atoms with Crippen molar-refractivity contribution in [2.75, 3.05) is 26.3 Å². The van der Waals surface area contributed by atoms with Crippen molar-refractivity contribution in [1.29, 1.82) is 0 Å². The maximum absolute atomic E-state index is 14.8. The van der Waals surface area contributed by atoms with Crippen molar-refractivity contribution in [3.63, 3.8) is 0 Å². The minimum absolute atomic E-state index is 0.0220. The van der Waals surface area contributed by atoms with E-state index in [0.717, 1.165) is 18.7 Å². The van der Waals surface area contributed by atoms with Crippen LogP contribution in [0.5, 0.6) is 5.75 Å². The Kier molecular flexibility index (Phi) is 7.82. The predicted molar refractivity (Wildman–Crippen MR) is 126 cm³/mol. The van der Waals surface area contributed by atoms with Crippen molar-refractivity contribution in [1.82, 2.24) is 15.1 Å². The summed E-state index contributed by atoms with van der Waals surface area (Å²) >= 11 is 0. The minimum Gasteiger partial charge on any atom is -0.488 e. The number of carbonyl (C=O) groups is 3. The molecule has 1 saturated heterocycles. The van der Waals surface area contributed by atoms with Crippen LogP contribution in [0.3, 0.4) is 0 Å². The molecule has 8 nitrogen and oxygen atoms in total. The third-order valence-corrected chi connectivity index (χ3v) is 6.15. The molecule has 0 spiro atoms. The average molecular weight is 479 g/mol. The zero-order valence-corrected chi connectivity index (χ0v) is 19.6. The van der Waals surface area contributed by atoms with E-state index in [1.807, 2.05) is 6.07 Å². The molecule has 1 fully saturated rings. The van der Waals surface area contributed by atoms with Gasteiger partial charge < -0.3 is 14.4 Å². The lowest BCUT2D eigenvalue weighted by atomic mass is 9.93. The maximum atomic E-state index is 14.8. The molecule has 35 heavy (non-hydrogen) atoms. The van der Waals surface area contributed by atoms with Crippen LogP contribution in [0.25, 0.3) is 0 Å². The highest BCUT2D eigenvalue weighted by atomic mass is 19.1. The zero-order valence-electron chi connectivity index (χ0n) is 19.6. The molecule has 182 valence electrons. The highest BCUT2D eigenvalue weighted by molar-refractivity contribution is 6.27. The molecule has 2 heterocycles. The van der Waals surface area contributed by atoms with Gasteiger partial charge in [-0.15, -0.1) is 0 Å². The second kappa shape index (κ2) is 11.0. The number of imide groups is 1. The Hall–Kier alpha value is -3.24. The highest BCUT2D eigenvalue weighted by Crippen LogP contribution is 2.32. The first-order valence-electron chi connectivity index (χ1n) is 11.6. The van der Waals surface area contributed by atoms with E-state index in [1.165, 1.54) is 11.0 Å². The Morgan fingerprint density at radius 2 is 2.00 bits per heavy atom. The summed E-state index contributed by atoms with van der Waals surface area (Å²) in [5, 5.41) is 2.17. The highest BCUT2D eigenvalue weighted by Gasteiger charge is 2.35. The number of hydrogen-bond donors (Lipinski definition) is 1. The van der Waals surface area contributed by atoms with E-state index < -0.39 is 23.7 Å². The molecule has 2 aliphatic heterocycles. The standard InChI is InChI=1S/C25H27BFN3O5/c1-2-22(31)28-24(32)23(26)30-14-19-18(25(30)33)4-3-5-21(19)35-15-17-7-6-16(12-20(17)27)13-29-8-10-34-11-9-29/h3-7,12,23H,2,8-11,13-15H2,1H3,(H,28,31,32). The van der Waals surface area contributed by atoms with Crippen molar-refractivity contribution >= 4 is 25.6 Å². The Morgan fingerprint density at radius 1 is 1.23 bits per heavy atom. The molecule has 1 unspecified atom stereocenters. The van der Waals surface area contributed by atoms with Gasteiger partial charge >= 0.3 is 0 Å². The number of fused-ring (bicyclic) bond motifs is 1. The lowest BCUT2D eigenvalue weighted by Crippen LogP contribution is -2.49. The van der Waals surface area contributed by atoms with Crippen LogP contribution in [0.1, 0.15) is 40.4 Å². The van der Waals surface area contributed by atoms with Crippen molar-refractivity contribution in [3.8, 4) is 5.75 Å². The van der Waals surface area contributed by atoms with Crippen molar-refractivity contribution in [2.24, 2.45) is 0 Å². The fourth-order valence-electron chi connectivity index (χ4n) is 4.11. The number of halogens is 1. The number of nitrogens with one attached hydrogen (secondary N) is 1. The number of nitrogens with zero attached hydrogens (tertiary/aromatic N) is 2.